The van der Waals surface area contributed by atoms with E-state index in [0.29, 0.717) is 12.0 Å². The first kappa shape index (κ1) is 19.9. The number of rotatable bonds is 12. The zero-order valence-electron chi connectivity index (χ0n) is 12.2. The predicted molar refractivity (Wildman–Crippen MR) is 89.2 cm³/mol. The van der Waals surface area contributed by atoms with Crippen LogP contribution in [0, 0.1) is 5.92 Å². The van der Waals surface area contributed by atoms with E-state index in [1.165, 1.54) is 25.7 Å². The van der Waals surface area contributed by atoms with Crippen LogP contribution in [-0.4, -0.2) is 37.9 Å². The summed E-state index contributed by atoms with van der Waals surface area (Å²) in [4.78, 5) is 11.3. The Kier molecular flexibility index (Phi) is 11.4. The van der Waals surface area contributed by atoms with E-state index < -0.39 is 28.5 Å². The molecule has 0 aromatic heterocycles. The summed E-state index contributed by atoms with van der Waals surface area (Å²) in [6, 6.07) is 0. The lowest BCUT2D eigenvalue weighted by atomic mass is 9.90. The summed E-state index contributed by atoms with van der Waals surface area (Å²) < 4.78 is -0.553. The van der Waals surface area contributed by atoms with E-state index in [-0.39, 0.29) is 0 Å². The van der Waals surface area contributed by atoms with Crippen molar-refractivity contribution in [3.05, 3.63) is 12.2 Å². The largest absolute Gasteiger partial charge is 0.481 e. The molecule has 118 valence electrons. The van der Waals surface area contributed by atoms with Crippen molar-refractivity contribution >= 4 is 28.6 Å². The zero-order chi connectivity index (χ0) is 15.5. The molecule has 0 saturated heterocycles. The third-order valence-corrected chi connectivity index (χ3v) is 4.98. The van der Waals surface area contributed by atoms with Gasteiger partial charge in [-0.3, -0.25) is 4.79 Å². The number of aliphatic hydroxyl groups excluding tert-OH is 2. The molecular formula is C15H27IO4. The van der Waals surface area contributed by atoms with E-state index >= 15 is 0 Å². The van der Waals surface area contributed by atoms with Gasteiger partial charge in [0.05, 0.1) is 22.6 Å². The Balaban J connectivity index is 4.21. The number of aliphatic hydroxyl groups is 2. The summed E-state index contributed by atoms with van der Waals surface area (Å²) in [5.74, 6) is -1.78. The lowest BCUT2D eigenvalue weighted by molar-refractivity contribution is -0.141. The van der Waals surface area contributed by atoms with Gasteiger partial charge in [-0.2, -0.15) is 0 Å². The lowest BCUT2D eigenvalue weighted by Gasteiger charge is -2.24. The van der Waals surface area contributed by atoms with E-state index in [0.717, 1.165) is 12.8 Å². The molecule has 0 saturated carbocycles. The van der Waals surface area contributed by atoms with Crippen LogP contribution in [0.2, 0.25) is 0 Å². The molecule has 0 fully saturated rings. The quantitative estimate of drug-likeness (QED) is 0.204. The van der Waals surface area contributed by atoms with E-state index in [2.05, 4.69) is 13.5 Å². The summed E-state index contributed by atoms with van der Waals surface area (Å²) in [7, 11) is 0. The molecule has 0 radical (unpaired) electrons. The van der Waals surface area contributed by atoms with Crippen LogP contribution < -0.4 is 0 Å². The van der Waals surface area contributed by atoms with Crippen molar-refractivity contribution in [2.24, 2.45) is 5.92 Å². The molecular weight excluding hydrogens is 371 g/mol. The number of carbonyl (C=O) groups is 1. The molecule has 3 atom stereocenters. The summed E-state index contributed by atoms with van der Waals surface area (Å²) in [5.41, 5.74) is 0.639. The van der Waals surface area contributed by atoms with Crippen LogP contribution in [0.1, 0.15) is 51.9 Å². The fraction of sp³-hybridized carbons (Fsp3) is 0.800. The lowest BCUT2D eigenvalue weighted by Crippen LogP contribution is -2.36. The predicted octanol–water partition coefficient (Wildman–Crippen LogP) is 3.15. The molecule has 3 N–H and O–H groups in total. The Labute approximate surface area is 135 Å². The molecule has 0 spiro atoms. The van der Waals surface area contributed by atoms with Gasteiger partial charge in [0.1, 0.15) is 0 Å². The fourth-order valence-corrected chi connectivity index (χ4v) is 3.19. The van der Waals surface area contributed by atoms with Crippen molar-refractivity contribution < 1.29 is 20.1 Å². The molecule has 0 rings (SSSR count). The maximum absolute atomic E-state index is 11.3. The van der Waals surface area contributed by atoms with Gasteiger partial charge < -0.3 is 15.3 Å². The summed E-state index contributed by atoms with van der Waals surface area (Å²) >= 11 is 1.89. The molecule has 0 bridgehead atoms. The highest BCUT2D eigenvalue weighted by Crippen LogP contribution is 2.27. The highest BCUT2D eigenvalue weighted by atomic mass is 127. The van der Waals surface area contributed by atoms with Gasteiger partial charge in [-0.15, -0.1) is 0 Å². The second-order valence-corrected chi connectivity index (χ2v) is 6.62. The van der Waals surface area contributed by atoms with Gasteiger partial charge in [0, 0.05) is 0 Å². The van der Waals surface area contributed by atoms with Crippen molar-refractivity contribution in [3.8, 4) is 0 Å². The molecule has 5 heteroatoms. The van der Waals surface area contributed by atoms with Crippen LogP contribution in [0.4, 0.5) is 0 Å². The highest BCUT2D eigenvalue weighted by Gasteiger charge is 2.32. The second-order valence-electron chi connectivity index (χ2n) is 5.19. The van der Waals surface area contributed by atoms with Crippen LogP contribution in [0.3, 0.4) is 0 Å². The second kappa shape index (κ2) is 11.5. The number of alkyl halides is 1. The molecule has 0 aliphatic heterocycles. The maximum atomic E-state index is 11.3. The molecule has 0 aliphatic carbocycles. The van der Waals surface area contributed by atoms with Gasteiger partial charge >= 0.3 is 5.97 Å². The smallest absolute Gasteiger partial charge is 0.311 e. The number of carboxylic acids is 1. The van der Waals surface area contributed by atoms with Crippen LogP contribution in [0.5, 0.6) is 0 Å². The van der Waals surface area contributed by atoms with Crippen molar-refractivity contribution in [3.63, 3.8) is 0 Å². The number of unbranched alkanes of at least 4 members (excludes halogenated alkanes) is 5. The molecule has 0 aliphatic rings. The molecule has 0 aromatic rings. The van der Waals surface area contributed by atoms with E-state index in [1.807, 2.05) is 22.6 Å². The van der Waals surface area contributed by atoms with Gasteiger partial charge in [-0.25, -0.2) is 0 Å². The Morgan fingerprint density at radius 3 is 2.25 bits per heavy atom. The third-order valence-electron chi connectivity index (χ3n) is 3.43. The van der Waals surface area contributed by atoms with Gasteiger partial charge in [0.2, 0.25) is 0 Å². The van der Waals surface area contributed by atoms with E-state index in [1.54, 1.807) is 0 Å². The zero-order valence-corrected chi connectivity index (χ0v) is 14.4. The normalized spacial score (nSPS) is 15.6. The Bertz CT molecular complexity index is 294. The number of halogens is 1. The van der Waals surface area contributed by atoms with Gasteiger partial charge in [-0.05, 0) is 12.8 Å². The van der Waals surface area contributed by atoms with Gasteiger partial charge in [-0.1, -0.05) is 73.8 Å². The van der Waals surface area contributed by atoms with Crippen molar-refractivity contribution in [2.45, 2.75) is 61.9 Å². The SMILES string of the molecule is C=C(CCCCCCCC)C(C(=O)O)C(I)C(O)CO. The van der Waals surface area contributed by atoms with Crippen molar-refractivity contribution in [2.75, 3.05) is 6.61 Å². The molecule has 0 amide bonds. The fourth-order valence-electron chi connectivity index (χ4n) is 2.15. The topological polar surface area (TPSA) is 77.8 Å². The van der Waals surface area contributed by atoms with Crippen LogP contribution in [-0.2, 0) is 4.79 Å². The minimum Gasteiger partial charge on any atom is -0.481 e. The Hall–Kier alpha value is -0.140. The number of carboxylic acid groups (broad SMARTS) is 1. The molecule has 3 unspecified atom stereocenters. The van der Waals surface area contributed by atoms with Gasteiger partial charge in [0.15, 0.2) is 0 Å². The number of hydrogen-bond acceptors (Lipinski definition) is 3. The molecule has 4 nitrogen and oxygen atoms in total. The minimum atomic E-state index is -1.03. The van der Waals surface area contributed by atoms with Crippen LogP contribution in [0.25, 0.3) is 0 Å². The number of aliphatic carboxylic acids is 1. The van der Waals surface area contributed by atoms with Crippen molar-refractivity contribution in [1.82, 2.24) is 0 Å². The average molecular weight is 398 g/mol. The first-order chi connectivity index (χ1) is 9.45. The molecule has 0 heterocycles. The summed E-state index contributed by atoms with van der Waals surface area (Å²) in [6.07, 6.45) is 6.51. The Morgan fingerprint density at radius 1 is 1.20 bits per heavy atom. The first-order valence-corrected chi connectivity index (χ1v) is 8.53. The van der Waals surface area contributed by atoms with Gasteiger partial charge in [0.25, 0.3) is 0 Å². The number of hydrogen-bond donors (Lipinski definition) is 3. The monoisotopic (exact) mass is 398 g/mol. The van der Waals surface area contributed by atoms with Crippen LogP contribution in [0.15, 0.2) is 12.2 Å². The van der Waals surface area contributed by atoms with Crippen molar-refractivity contribution in [1.29, 1.82) is 0 Å². The van der Waals surface area contributed by atoms with Crippen LogP contribution >= 0.6 is 22.6 Å². The maximum Gasteiger partial charge on any atom is 0.311 e. The Morgan fingerprint density at radius 2 is 1.75 bits per heavy atom. The molecule has 0 aromatic carbocycles. The molecule has 20 heavy (non-hydrogen) atoms. The average Bonchev–Trinajstić information content (AvgIpc) is 2.41. The highest BCUT2D eigenvalue weighted by molar-refractivity contribution is 14.1. The first-order valence-electron chi connectivity index (χ1n) is 7.29. The summed E-state index contributed by atoms with van der Waals surface area (Å²) in [6.45, 7) is 5.61. The minimum absolute atomic E-state index is 0.429. The summed E-state index contributed by atoms with van der Waals surface area (Å²) in [5, 5.41) is 27.8. The van der Waals surface area contributed by atoms with E-state index in [9.17, 15) is 15.0 Å². The standard InChI is InChI=1S/C15H27IO4/c1-3-4-5-6-7-8-9-11(2)13(15(19)20)14(16)12(18)10-17/h12-14,17-18H,2-10H2,1H3,(H,19,20). The third kappa shape index (κ3) is 7.59. The van der Waals surface area contributed by atoms with E-state index in [4.69, 9.17) is 5.11 Å².